The molecule has 11 heteroatoms. The van der Waals surface area contributed by atoms with Gasteiger partial charge in [0.05, 0.1) is 28.1 Å². The number of anilines is 1. The Labute approximate surface area is 209 Å². The number of fused-ring (bicyclic) bond motifs is 1. The van der Waals surface area contributed by atoms with Gasteiger partial charge < -0.3 is 10.1 Å². The Kier molecular flexibility index (Phi) is 6.81. The molecule has 0 fully saturated rings. The highest BCUT2D eigenvalue weighted by Gasteiger charge is 2.38. The van der Waals surface area contributed by atoms with Crippen LogP contribution in [0.4, 0.5) is 5.69 Å². The van der Waals surface area contributed by atoms with Crippen LogP contribution >= 0.6 is 11.6 Å². The van der Waals surface area contributed by atoms with Gasteiger partial charge in [0.1, 0.15) is 5.75 Å². The number of carbonyl (C=O) groups is 1. The van der Waals surface area contributed by atoms with E-state index in [2.05, 4.69) is 5.32 Å². The number of amides is 1. The summed E-state index contributed by atoms with van der Waals surface area (Å²) >= 11 is 6.12. The summed E-state index contributed by atoms with van der Waals surface area (Å²) < 4.78 is 57.2. The average Bonchev–Trinajstić information content (AvgIpc) is 2.83. The maximum absolute atomic E-state index is 13.4. The van der Waals surface area contributed by atoms with Gasteiger partial charge in [-0.2, -0.15) is 0 Å². The minimum absolute atomic E-state index is 0.0753. The second-order valence-electron chi connectivity index (χ2n) is 8.14. The van der Waals surface area contributed by atoms with E-state index in [4.69, 9.17) is 16.3 Å². The molecule has 0 saturated carbocycles. The zero-order chi connectivity index (χ0) is 25.4. The van der Waals surface area contributed by atoms with Crippen LogP contribution in [-0.2, 0) is 24.7 Å². The summed E-state index contributed by atoms with van der Waals surface area (Å²) in [7, 11) is -7.34. The van der Waals surface area contributed by atoms with Crippen molar-refractivity contribution in [3.05, 3.63) is 83.4 Å². The van der Waals surface area contributed by atoms with Crippen molar-refractivity contribution in [1.29, 1.82) is 0 Å². The monoisotopic (exact) mass is 534 g/mol. The van der Waals surface area contributed by atoms with Crippen LogP contribution in [0.5, 0.6) is 5.75 Å². The highest BCUT2D eigenvalue weighted by atomic mass is 35.5. The van der Waals surface area contributed by atoms with Gasteiger partial charge in [0.15, 0.2) is 15.9 Å². The van der Waals surface area contributed by atoms with E-state index in [-0.39, 0.29) is 27.8 Å². The van der Waals surface area contributed by atoms with Crippen LogP contribution in [-0.4, -0.2) is 41.6 Å². The molecule has 2 atom stereocenters. The van der Waals surface area contributed by atoms with Crippen molar-refractivity contribution >= 4 is 43.1 Å². The van der Waals surface area contributed by atoms with Gasteiger partial charge >= 0.3 is 0 Å². The summed E-state index contributed by atoms with van der Waals surface area (Å²) in [6.07, 6.45) is -0.00615. The minimum Gasteiger partial charge on any atom is -0.476 e. The molecule has 1 aliphatic rings. The number of carbonyl (C=O) groups excluding carboxylic acids is 1. The molecule has 0 bridgehead atoms. The van der Waals surface area contributed by atoms with Crippen LogP contribution in [0.1, 0.15) is 18.5 Å². The molecule has 1 amide bonds. The number of nitrogens with one attached hydrogen (secondary N) is 1. The highest BCUT2D eigenvalue weighted by molar-refractivity contribution is 7.92. The normalized spacial score (nSPS) is 16.7. The van der Waals surface area contributed by atoms with E-state index in [9.17, 15) is 21.6 Å². The van der Waals surface area contributed by atoms with E-state index in [1.807, 2.05) is 0 Å². The van der Waals surface area contributed by atoms with Crippen LogP contribution in [0.3, 0.4) is 0 Å². The summed E-state index contributed by atoms with van der Waals surface area (Å²) in [6, 6.07) is 18.2. The van der Waals surface area contributed by atoms with E-state index >= 15 is 0 Å². The zero-order valence-corrected chi connectivity index (χ0v) is 21.3. The standard InChI is InChI=1S/C24H23ClN2O6S2/c1-16(17-8-11-19(12-9-17)34(2,29)30)26-24(28)23-15-27(21-14-18(25)10-13-22(21)33-23)35(31,32)20-6-4-3-5-7-20/h3-14,16,23H,15H2,1-2H3,(H,26,28). The van der Waals surface area contributed by atoms with Gasteiger partial charge in [0.2, 0.25) is 0 Å². The lowest BCUT2D eigenvalue weighted by atomic mass is 10.1. The Hall–Kier alpha value is -3.08. The third kappa shape index (κ3) is 5.29. The number of rotatable bonds is 6. The SMILES string of the molecule is CC(NC(=O)C1CN(S(=O)(=O)c2ccccc2)c2cc(Cl)ccc2O1)c1ccc(S(C)(=O)=O)cc1. The van der Waals surface area contributed by atoms with Crippen LogP contribution in [0.25, 0.3) is 0 Å². The lowest BCUT2D eigenvalue weighted by Gasteiger charge is -2.35. The molecule has 2 unspecified atom stereocenters. The van der Waals surface area contributed by atoms with Crippen molar-refractivity contribution in [3.8, 4) is 5.75 Å². The minimum atomic E-state index is -4.00. The third-order valence-corrected chi connectivity index (χ3v) is 8.74. The van der Waals surface area contributed by atoms with E-state index in [1.165, 1.54) is 36.4 Å². The van der Waals surface area contributed by atoms with Crippen LogP contribution in [0.15, 0.2) is 82.6 Å². The number of nitrogens with zero attached hydrogens (tertiary/aromatic N) is 1. The summed E-state index contributed by atoms with van der Waals surface area (Å²) in [4.78, 5) is 13.4. The first-order valence-corrected chi connectivity index (χ1v) is 14.3. The Morgan fingerprint density at radius 1 is 1.00 bits per heavy atom. The fourth-order valence-corrected chi connectivity index (χ4v) is 5.99. The predicted molar refractivity (Wildman–Crippen MR) is 133 cm³/mol. The molecule has 8 nitrogen and oxygen atoms in total. The first-order chi connectivity index (χ1) is 16.5. The molecule has 3 aromatic rings. The van der Waals surface area contributed by atoms with Crippen LogP contribution < -0.4 is 14.4 Å². The molecule has 184 valence electrons. The fourth-order valence-electron chi connectivity index (χ4n) is 3.70. The summed E-state index contributed by atoms with van der Waals surface area (Å²) in [5.74, 6) is -0.302. The first-order valence-electron chi connectivity index (χ1n) is 10.6. The van der Waals surface area contributed by atoms with Gasteiger partial charge in [-0.3, -0.25) is 9.10 Å². The number of sulfonamides is 1. The second kappa shape index (κ2) is 9.52. The molecular formula is C24H23ClN2O6S2. The van der Waals surface area contributed by atoms with Gasteiger partial charge in [0.25, 0.3) is 15.9 Å². The summed E-state index contributed by atoms with van der Waals surface area (Å²) in [6.45, 7) is 1.48. The number of sulfone groups is 1. The van der Waals surface area contributed by atoms with Gasteiger partial charge in [-0.05, 0) is 55.0 Å². The number of benzene rings is 3. The maximum Gasteiger partial charge on any atom is 0.264 e. The number of hydrogen-bond donors (Lipinski definition) is 1. The molecule has 4 rings (SSSR count). The molecule has 1 heterocycles. The lowest BCUT2D eigenvalue weighted by molar-refractivity contribution is -0.128. The zero-order valence-electron chi connectivity index (χ0n) is 18.9. The van der Waals surface area contributed by atoms with Crippen LogP contribution in [0, 0.1) is 0 Å². The van der Waals surface area contributed by atoms with Gasteiger partial charge in [0, 0.05) is 11.3 Å². The molecule has 1 aliphatic heterocycles. The van der Waals surface area contributed by atoms with Crippen molar-refractivity contribution < 1.29 is 26.4 Å². The van der Waals surface area contributed by atoms with E-state index in [1.54, 1.807) is 43.3 Å². The van der Waals surface area contributed by atoms with Gasteiger partial charge in [-0.1, -0.05) is 41.9 Å². The summed E-state index contributed by atoms with van der Waals surface area (Å²) in [5.41, 5.74) is 0.928. The van der Waals surface area contributed by atoms with Crippen molar-refractivity contribution in [3.63, 3.8) is 0 Å². The second-order valence-corrected chi connectivity index (χ2v) is 12.5. The van der Waals surface area contributed by atoms with Gasteiger partial charge in [-0.15, -0.1) is 0 Å². The smallest absolute Gasteiger partial charge is 0.264 e. The largest absolute Gasteiger partial charge is 0.476 e. The lowest BCUT2D eigenvalue weighted by Crippen LogP contribution is -2.51. The van der Waals surface area contributed by atoms with Crippen molar-refractivity contribution in [2.24, 2.45) is 0 Å². The maximum atomic E-state index is 13.4. The fraction of sp³-hybridized carbons (Fsp3) is 0.208. The quantitative estimate of drug-likeness (QED) is 0.517. The van der Waals surface area contributed by atoms with Crippen molar-refractivity contribution in [1.82, 2.24) is 5.32 Å². The molecule has 1 N–H and O–H groups in total. The Bertz CT molecular complexity index is 1460. The molecule has 3 aromatic carbocycles. The van der Waals surface area contributed by atoms with E-state index in [0.29, 0.717) is 10.6 Å². The third-order valence-electron chi connectivity index (χ3n) is 5.58. The molecule has 0 saturated heterocycles. The summed E-state index contributed by atoms with van der Waals surface area (Å²) in [5, 5.41) is 3.15. The number of halogens is 1. The topological polar surface area (TPSA) is 110 Å². The van der Waals surface area contributed by atoms with E-state index < -0.39 is 37.9 Å². The first kappa shape index (κ1) is 25.0. The van der Waals surface area contributed by atoms with E-state index in [0.717, 1.165) is 10.6 Å². The van der Waals surface area contributed by atoms with Crippen molar-refractivity contribution in [2.45, 2.75) is 28.9 Å². The Morgan fingerprint density at radius 2 is 1.66 bits per heavy atom. The highest BCUT2D eigenvalue weighted by Crippen LogP contribution is 2.39. The molecule has 0 spiro atoms. The van der Waals surface area contributed by atoms with Crippen LogP contribution in [0.2, 0.25) is 5.02 Å². The predicted octanol–water partition coefficient (Wildman–Crippen LogP) is 3.58. The molecule has 0 aromatic heterocycles. The van der Waals surface area contributed by atoms with Gasteiger partial charge in [-0.25, -0.2) is 16.8 Å². The average molecular weight is 535 g/mol. The molecular weight excluding hydrogens is 512 g/mol. The molecule has 35 heavy (non-hydrogen) atoms. The molecule has 0 aliphatic carbocycles. The number of hydrogen-bond acceptors (Lipinski definition) is 6. The Balaban J connectivity index is 1.60. The van der Waals surface area contributed by atoms with Crippen molar-refractivity contribution in [2.75, 3.05) is 17.1 Å². The Morgan fingerprint density at radius 3 is 2.29 bits per heavy atom. The molecule has 0 radical (unpaired) electrons. The number of ether oxygens (including phenoxy) is 1.